The third-order valence-electron chi connectivity index (χ3n) is 4.89. The smallest absolute Gasteiger partial charge is 0.282 e. The van der Waals surface area contributed by atoms with Gasteiger partial charge >= 0.3 is 0 Å². The Labute approximate surface area is 190 Å². The van der Waals surface area contributed by atoms with Crippen LogP contribution in [0.15, 0.2) is 42.9 Å². The van der Waals surface area contributed by atoms with Gasteiger partial charge in [0.15, 0.2) is 5.01 Å². The summed E-state index contributed by atoms with van der Waals surface area (Å²) in [6.07, 6.45) is 4.54. The van der Waals surface area contributed by atoms with Crippen LogP contribution in [0.3, 0.4) is 0 Å². The highest BCUT2D eigenvalue weighted by molar-refractivity contribution is 7.16. The van der Waals surface area contributed by atoms with Gasteiger partial charge < -0.3 is 5.32 Å². The number of carbonyl (C=O) groups excluding carboxylic acids is 1. The van der Waals surface area contributed by atoms with Gasteiger partial charge in [0.05, 0.1) is 22.9 Å². The number of hydrogen-bond acceptors (Lipinski definition) is 7. The first-order chi connectivity index (χ1) is 15.3. The molecule has 1 atom stereocenters. The van der Waals surface area contributed by atoms with E-state index in [1.807, 2.05) is 19.2 Å². The van der Waals surface area contributed by atoms with Crippen LogP contribution in [0.5, 0.6) is 0 Å². The maximum atomic E-state index is 14.0. The van der Waals surface area contributed by atoms with Crippen molar-refractivity contribution in [3.05, 3.63) is 76.0 Å². The van der Waals surface area contributed by atoms with Crippen molar-refractivity contribution in [2.45, 2.75) is 12.3 Å². The number of amides is 1. The van der Waals surface area contributed by atoms with Gasteiger partial charge in [0.1, 0.15) is 11.0 Å². The second-order valence-electron chi connectivity index (χ2n) is 7.16. The van der Waals surface area contributed by atoms with Crippen LogP contribution >= 0.6 is 22.9 Å². The predicted molar refractivity (Wildman–Crippen MR) is 114 cm³/mol. The molecule has 0 fully saturated rings. The third kappa shape index (κ3) is 4.34. The molecule has 0 aliphatic rings. The Hall–Kier alpha value is -3.31. The zero-order valence-corrected chi connectivity index (χ0v) is 18.5. The molecule has 0 radical (unpaired) electrons. The van der Waals surface area contributed by atoms with Crippen LogP contribution in [0, 0.1) is 11.8 Å². The molecule has 8 nitrogen and oxygen atoms in total. The first kappa shape index (κ1) is 21.9. The van der Waals surface area contributed by atoms with Crippen molar-refractivity contribution < 1.29 is 13.6 Å². The lowest BCUT2D eigenvalue weighted by molar-refractivity contribution is 0.0946. The number of nitrogens with zero attached hydrogens (tertiary/aromatic N) is 6. The number of rotatable bonds is 6. The Morgan fingerprint density at radius 3 is 2.78 bits per heavy atom. The fourth-order valence-corrected chi connectivity index (χ4v) is 4.02. The number of aromatic nitrogens is 6. The Morgan fingerprint density at radius 1 is 1.28 bits per heavy atom. The Morgan fingerprint density at radius 2 is 2.09 bits per heavy atom. The molecule has 1 unspecified atom stereocenters. The van der Waals surface area contributed by atoms with E-state index in [2.05, 4.69) is 30.6 Å². The standard InChI is InChI=1S/C20H16ClF2N7OS/c1-20(11-7-26-30(2)9-11,14-4-3-5-15(21)27-14)10-25-17(31)19-29-28-18(32-19)12-8-24-16(23)6-13(12)22/h3-9H,10H2,1-2H3,(H,25,31). The highest BCUT2D eigenvalue weighted by Gasteiger charge is 2.33. The van der Waals surface area contributed by atoms with E-state index in [0.29, 0.717) is 16.9 Å². The number of halogens is 3. The van der Waals surface area contributed by atoms with Crippen molar-refractivity contribution in [2.24, 2.45) is 7.05 Å². The Kier molecular flexibility index (Phi) is 5.94. The maximum absolute atomic E-state index is 14.0. The summed E-state index contributed by atoms with van der Waals surface area (Å²) in [7, 11) is 1.79. The van der Waals surface area contributed by atoms with Gasteiger partial charge in [-0.25, -0.2) is 14.4 Å². The summed E-state index contributed by atoms with van der Waals surface area (Å²) in [6, 6.07) is 5.91. The molecule has 0 spiro atoms. The minimum atomic E-state index is -0.946. The van der Waals surface area contributed by atoms with E-state index in [0.717, 1.165) is 23.1 Å². The second kappa shape index (κ2) is 8.67. The Bertz CT molecular complexity index is 1290. The lowest BCUT2D eigenvalue weighted by atomic mass is 9.80. The van der Waals surface area contributed by atoms with E-state index < -0.39 is 23.1 Å². The normalized spacial score (nSPS) is 13.0. The lowest BCUT2D eigenvalue weighted by Crippen LogP contribution is -2.40. The van der Waals surface area contributed by atoms with Gasteiger partial charge in [0.2, 0.25) is 11.0 Å². The lowest BCUT2D eigenvalue weighted by Gasteiger charge is -2.28. The minimum Gasteiger partial charge on any atom is -0.349 e. The molecule has 4 aromatic rings. The van der Waals surface area contributed by atoms with Crippen molar-refractivity contribution in [2.75, 3.05) is 6.54 Å². The molecule has 1 amide bonds. The summed E-state index contributed by atoms with van der Waals surface area (Å²) in [5.41, 5.74) is 0.699. The van der Waals surface area contributed by atoms with Gasteiger partial charge in [-0.15, -0.1) is 10.2 Å². The van der Waals surface area contributed by atoms with Crippen molar-refractivity contribution in [1.82, 2.24) is 35.3 Å². The summed E-state index contributed by atoms with van der Waals surface area (Å²) in [5, 5.41) is 15.2. The third-order valence-corrected chi connectivity index (χ3v) is 6.06. The topological polar surface area (TPSA) is 98.5 Å². The van der Waals surface area contributed by atoms with Crippen molar-refractivity contribution in [3.63, 3.8) is 0 Å². The molecule has 0 saturated heterocycles. The summed E-state index contributed by atoms with van der Waals surface area (Å²) in [5.74, 6) is -2.28. The largest absolute Gasteiger partial charge is 0.349 e. The van der Waals surface area contributed by atoms with E-state index >= 15 is 0 Å². The molecule has 4 rings (SSSR count). The monoisotopic (exact) mass is 475 g/mol. The number of hydrogen-bond donors (Lipinski definition) is 1. The summed E-state index contributed by atoms with van der Waals surface area (Å²) in [4.78, 5) is 20.6. The molecule has 12 heteroatoms. The Balaban J connectivity index is 1.58. The van der Waals surface area contributed by atoms with E-state index in [1.54, 1.807) is 30.1 Å². The second-order valence-corrected chi connectivity index (χ2v) is 8.53. The summed E-state index contributed by atoms with van der Waals surface area (Å²) < 4.78 is 28.7. The number of aryl methyl sites for hydroxylation is 1. The zero-order valence-electron chi connectivity index (χ0n) is 16.9. The van der Waals surface area contributed by atoms with Gasteiger partial charge in [-0.3, -0.25) is 9.48 Å². The van der Waals surface area contributed by atoms with Crippen molar-refractivity contribution in [3.8, 4) is 10.6 Å². The molecule has 4 aromatic heterocycles. The van der Waals surface area contributed by atoms with Crippen LogP contribution in [-0.2, 0) is 12.5 Å². The van der Waals surface area contributed by atoms with Crippen LogP contribution in [0.25, 0.3) is 10.6 Å². The maximum Gasteiger partial charge on any atom is 0.282 e. The van der Waals surface area contributed by atoms with Crippen LogP contribution < -0.4 is 5.32 Å². The van der Waals surface area contributed by atoms with Crippen LogP contribution in [0.1, 0.15) is 28.0 Å². The molecule has 0 saturated carbocycles. The molecule has 1 N–H and O–H groups in total. The average Bonchev–Trinajstić information content (AvgIpc) is 3.41. The fraction of sp³-hybridized carbons (Fsp3) is 0.200. The molecule has 0 bridgehead atoms. The highest BCUT2D eigenvalue weighted by Crippen LogP contribution is 2.31. The van der Waals surface area contributed by atoms with Crippen molar-refractivity contribution >= 4 is 28.8 Å². The molecule has 0 aliphatic carbocycles. The molecular weight excluding hydrogens is 460 g/mol. The van der Waals surface area contributed by atoms with Crippen LogP contribution in [0.4, 0.5) is 8.78 Å². The number of nitrogens with one attached hydrogen (secondary N) is 1. The van der Waals surface area contributed by atoms with Gasteiger partial charge in [-0.2, -0.15) is 9.49 Å². The SMILES string of the molecule is Cn1cc(C(C)(CNC(=O)c2nnc(-c3cnc(F)cc3F)s2)c2cccc(Cl)n2)cn1. The number of carbonyl (C=O) groups is 1. The molecule has 164 valence electrons. The van der Waals surface area contributed by atoms with E-state index in [-0.39, 0.29) is 22.1 Å². The van der Waals surface area contributed by atoms with Gasteiger partial charge in [0, 0.05) is 37.6 Å². The van der Waals surface area contributed by atoms with Crippen LogP contribution in [-0.4, -0.2) is 42.4 Å². The molecule has 0 aliphatic heterocycles. The number of pyridine rings is 2. The zero-order chi connectivity index (χ0) is 22.9. The van der Waals surface area contributed by atoms with E-state index in [9.17, 15) is 13.6 Å². The highest BCUT2D eigenvalue weighted by atomic mass is 35.5. The van der Waals surface area contributed by atoms with Gasteiger partial charge in [-0.1, -0.05) is 29.0 Å². The van der Waals surface area contributed by atoms with Gasteiger partial charge in [-0.05, 0) is 19.1 Å². The molecule has 32 heavy (non-hydrogen) atoms. The van der Waals surface area contributed by atoms with E-state index in [1.165, 1.54) is 0 Å². The first-order valence-corrected chi connectivity index (χ1v) is 10.5. The predicted octanol–water partition coefficient (Wildman–Crippen LogP) is 3.40. The average molecular weight is 476 g/mol. The fourth-order valence-electron chi connectivity index (χ4n) is 3.08. The molecular formula is C20H16ClF2N7OS. The van der Waals surface area contributed by atoms with Crippen molar-refractivity contribution in [1.29, 1.82) is 0 Å². The summed E-state index contributed by atoms with van der Waals surface area (Å²) in [6.45, 7) is 2.07. The minimum absolute atomic E-state index is 0.0244. The molecule has 0 aromatic carbocycles. The van der Waals surface area contributed by atoms with Gasteiger partial charge in [0.25, 0.3) is 5.91 Å². The first-order valence-electron chi connectivity index (χ1n) is 9.31. The summed E-state index contributed by atoms with van der Waals surface area (Å²) >= 11 is 6.96. The molecule has 4 heterocycles. The quantitative estimate of drug-likeness (QED) is 0.429. The van der Waals surface area contributed by atoms with E-state index in [4.69, 9.17) is 11.6 Å². The van der Waals surface area contributed by atoms with Crippen LogP contribution in [0.2, 0.25) is 5.15 Å².